The molecule has 724 valence electrons. The molecule has 0 fully saturated rings. The Labute approximate surface area is 825 Å². The van der Waals surface area contributed by atoms with Gasteiger partial charge < -0.3 is 37.1 Å². The van der Waals surface area contributed by atoms with Crippen LogP contribution in [0.1, 0.15) is 36.7 Å². The van der Waals surface area contributed by atoms with Gasteiger partial charge in [-0.25, -0.2) is 54.1 Å². The Bertz CT molecular complexity index is 8710. The van der Waals surface area contributed by atoms with Crippen molar-refractivity contribution in [2.75, 3.05) is 14.2 Å². The molecule has 0 atom stereocenters. The van der Waals surface area contributed by atoms with Crippen LogP contribution in [0.5, 0.6) is 5.75 Å². The number of nitrogens with zero attached hydrogens (tertiary/aromatic N) is 28. The van der Waals surface area contributed by atoms with Crippen LogP contribution in [0.2, 0.25) is 0 Å². The van der Waals surface area contributed by atoms with Crippen LogP contribution in [-0.2, 0) is 11.3 Å². The van der Waals surface area contributed by atoms with Crippen LogP contribution in [0.15, 0.2) is 345 Å². The topological polar surface area (TPSA) is 421 Å². The minimum absolute atomic E-state index is 0.0232. The van der Waals surface area contributed by atoms with Crippen LogP contribution < -0.4 is 4.74 Å². The zero-order chi connectivity index (χ0) is 101. The van der Waals surface area contributed by atoms with Gasteiger partial charge in [-0.15, -0.1) is 25.5 Å². The number of pyridine rings is 3. The molecular formula is C104H72F7N29O7. The molecule has 0 bridgehead atoms. The van der Waals surface area contributed by atoms with Gasteiger partial charge in [0.1, 0.15) is 97.7 Å². The Hall–Kier alpha value is -20.1. The molecule has 0 amide bonds. The first-order valence-corrected chi connectivity index (χ1v) is 44.7. The maximum Gasteiger partial charge on any atom is 0.281 e. The lowest BCUT2D eigenvalue weighted by Gasteiger charge is -2.10. The number of halogens is 7. The highest BCUT2D eigenvalue weighted by molar-refractivity contribution is 5.84. The molecule has 0 saturated heterocycles. The molecule has 1 N–H and O–H groups in total. The van der Waals surface area contributed by atoms with E-state index in [4.69, 9.17) is 32.1 Å². The normalized spacial score (nSPS) is 11.1. The number of aryl methyl sites for hydroxylation is 1. The Morgan fingerprint density at radius 3 is 1.25 bits per heavy atom. The third kappa shape index (κ3) is 20.0. The first-order valence-electron chi connectivity index (χ1n) is 44.7. The third-order valence-corrected chi connectivity index (χ3v) is 22.3. The van der Waals surface area contributed by atoms with E-state index in [1.165, 1.54) is 60.9 Å². The van der Waals surface area contributed by atoms with Crippen molar-refractivity contribution in [3.63, 3.8) is 0 Å². The van der Waals surface area contributed by atoms with E-state index in [1.54, 1.807) is 165 Å². The summed E-state index contributed by atoms with van der Waals surface area (Å²) in [7, 11) is 3.10. The summed E-state index contributed by atoms with van der Waals surface area (Å²) in [5.41, 5.74) is 12.2. The standard InChI is InChI=1S/C22H15FN6O2.C22H15FN6O.C21H13FN6O.C20H15FN6O2.C19H14F3N5O/c1-30-18-12-5-2-8-14(18)21-25-22(31-27-21)19-20(16-10-6-7-13-24-16)29(28-26-19)17-11-4-3-9-15(17)23;1-14-6-8-16(9-7-14)21-25-22(30-27-21)19-20(15-10-12-24-13-11-15)29(28-26-19)18-5-3-2-4-17(18)23;22-15-10-4-5-12-17(15)28-19(16-11-6-7-13-23-16)18(25-27-28)21-24-20(26-29-21)14-8-2-1-3-9-14;1-28-11-17-18(24-26-27(17)16-5-3-2-4-14(16)21)20-23-19(25-29-20)13-6-7-15-12(10-13)8-9-22-15;1-10(2)17-16(24-26-27(17)15-6-4-3-5-14(15)22)19-23-18(25-28-19)12-9-11(20)7-8-13(12)21/h2-13H,1H3;2-13H,1H3;1-13H;2-10,22H,11H2,1H3;3-10H,1-2H3. The molecule has 36 nitrogen and oxygen atoms in total. The largest absolute Gasteiger partial charge is 0.496 e. The summed E-state index contributed by atoms with van der Waals surface area (Å²) in [5.74, 6) is -0.868. The lowest BCUT2D eigenvalue weighted by atomic mass is 10.1. The van der Waals surface area contributed by atoms with E-state index < -0.39 is 40.7 Å². The van der Waals surface area contributed by atoms with Crippen molar-refractivity contribution in [3.05, 3.63) is 380 Å². The molecular weight excluding hydrogens is 1900 g/mol. The van der Waals surface area contributed by atoms with Crippen LogP contribution in [0.25, 0.3) is 188 Å². The quantitative estimate of drug-likeness (QED) is 0.0616. The highest BCUT2D eigenvalue weighted by Gasteiger charge is 2.32. The summed E-state index contributed by atoms with van der Waals surface area (Å²) in [6.45, 7) is 5.91. The predicted octanol–water partition coefficient (Wildman–Crippen LogP) is 21.1. The van der Waals surface area contributed by atoms with Crippen molar-refractivity contribution in [2.45, 2.75) is 33.3 Å². The number of para-hydroxylation sites is 6. The maximum atomic E-state index is 14.5. The van der Waals surface area contributed by atoms with E-state index in [1.807, 2.05) is 136 Å². The first kappa shape index (κ1) is 94.5. The number of hydrogen-bond donors (Lipinski definition) is 1. The zero-order valence-electron chi connectivity index (χ0n) is 77.4. The number of benzene rings is 10. The molecule has 24 rings (SSSR count). The molecule has 0 saturated carbocycles. The van der Waals surface area contributed by atoms with Gasteiger partial charge in [0.2, 0.25) is 29.1 Å². The fraction of sp³-hybridized carbons (Fsp3) is 0.0673. The second-order valence-electron chi connectivity index (χ2n) is 32.1. The number of nitrogens with one attached hydrogen (secondary N) is 1. The second-order valence-corrected chi connectivity index (χ2v) is 32.1. The number of methoxy groups -OCH3 is 2. The number of aromatic nitrogens is 29. The average Bonchev–Trinajstić information content (AvgIpc) is 1.63. The van der Waals surface area contributed by atoms with Gasteiger partial charge in [0.15, 0.2) is 28.5 Å². The van der Waals surface area contributed by atoms with Gasteiger partial charge in [-0.3, -0.25) is 15.0 Å². The Morgan fingerprint density at radius 1 is 0.333 bits per heavy atom. The average molecular weight is 1970 g/mol. The van der Waals surface area contributed by atoms with Crippen LogP contribution in [0.4, 0.5) is 30.7 Å². The summed E-state index contributed by atoms with van der Waals surface area (Å²) in [4.78, 5) is 38.0. The zero-order valence-corrected chi connectivity index (χ0v) is 77.4. The number of aromatic amines is 1. The molecule has 0 unspecified atom stereocenters. The van der Waals surface area contributed by atoms with Gasteiger partial charge in [-0.1, -0.05) is 211 Å². The highest BCUT2D eigenvalue weighted by atomic mass is 19.2. The van der Waals surface area contributed by atoms with Crippen molar-refractivity contribution >= 4 is 10.9 Å². The number of hydrogen-bond acceptors (Lipinski definition) is 30. The molecule has 10 aromatic carbocycles. The van der Waals surface area contributed by atoms with Crippen molar-refractivity contribution in [1.29, 1.82) is 0 Å². The molecule has 0 aliphatic carbocycles. The summed E-state index contributed by atoms with van der Waals surface area (Å²) in [5, 5.41) is 62.4. The Morgan fingerprint density at radius 2 is 0.741 bits per heavy atom. The van der Waals surface area contributed by atoms with Crippen LogP contribution >= 0.6 is 0 Å². The SMILES string of the molecule is CC(C)c1c(-c2nc(-c3cc(F)ccc3F)no2)nnn1-c1ccccc1F.COCc1c(-c2nc(-c3ccc4[nH]ccc4c3)no2)nnn1-c1ccccc1F.COc1ccccc1-c1noc(-c2nnn(-c3ccccc3F)c2-c2ccccn2)n1.Cc1ccc(-c2noc(-c3nnn(-c4ccccc4F)c3-c3ccncc3)n2)cc1.Fc1ccccc1-n1nnc(-c2nc(-c3ccccc3)no2)c1-c1ccccn1. The Kier molecular flexibility index (Phi) is 27.3. The lowest BCUT2D eigenvalue weighted by Crippen LogP contribution is -2.06. The van der Waals surface area contributed by atoms with E-state index >= 15 is 0 Å². The van der Waals surface area contributed by atoms with Gasteiger partial charge in [0.05, 0.1) is 41.9 Å². The van der Waals surface area contributed by atoms with Gasteiger partial charge in [0.25, 0.3) is 29.5 Å². The van der Waals surface area contributed by atoms with Crippen molar-refractivity contribution in [2.24, 2.45) is 0 Å². The molecule has 14 aromatic heterocycles. The number of H-pyrrole nitrogens is 1. The van der Waals surface area contributed by atoms with Crippen LogP contribution in [-0.4, -0.2) is 160 Å². The maximum absolute atomic E-state index is 14.5. The molecule has 147 heavy (non-hydrogen) atoms. The minimum atomic E-state index is -0.687. The monoisotopic (exact) mass is 1970 g/mol. The van der Waals surface area contributed by atoms with Gasteiger partial charge in [-0.05, 0) is 165 Å². The van der Waals surface area contributed by atoms with E-state index in [0.717, 1.165) is 56.9 Å². The van der Waals surface area contributed by atoms with Gasteiger partial charge >= 0.3 is 0 Å². The summed E-state index contributed by atoms with van der Waals surface area (Å²) in [6.07, 6.45) is 8.42. The Balaban J connectivity index is 0.000000112. The van der Waals surface area contributed by atoms with Crippen molar-refractivity contribution in [1.82, 2.24) is 146 Å². The highest BCUT2D eigenvalue weighted by Crippen LogP contribution is 2.40. The smallest absolute Gasteiger partial charge is 0.281 e. The summed E-state index contributed by atoms with van der Waals surface area (Å²) < 4.78 is 144. The molecule has 0 spiro atoms. The lowest BCUT2D eigenvalue weighted by molar-refractivity contribution is 0.179. The molecule has 0 aliphatic rings. The number of fused-ring (bicyclic) bond motifs is 1. The molecule has 14 heterocycles. The van der Waals surface area contributed by atoms with Gasteiger partial charge in [-0.2, -0.15) is 24.9 Å². The predicted molar refractivity (Wildman–Crippen MR) is 518 cm³/mol. The van der Waals surface area contributed by atoms with E-state index in [0.29, 0.717) is 91.5 Å². The molecule has 0 radical (unpaired) electrons. The van der Waals surface area contributed by atoms with E-state index in [9.17, 15) is 30.7 Å². The van der Waals surface area contributed by atoms with Crippen LogP contribution in [0.3, 0.4) is 0 Å². The molecule has 24 aromatic rings. The fourth-order valence-electron chi connectivity index (χ4n) is 15.3. The number of ether oxygens (including phenoxy) is 2. The van der Waals surface area contributed by atoms with Crippen molar-refractivity contribution in [3.8, 4) is 183 Å². The first-order chi connectivity index (χ1) is 72.0. The molecule has 0 aliphatic heterocycles. The number of rotatable bonds is 22. The summed E-state index contributed by atoms with van der Waals surface area (Å²) >= 11 is 0. The molecule has 43 heteroatoms. The van der Waals surface area contributed by atoms with Crippen LogP contribution in [0, 0.1) is 47.6 Å². The van der Waals surface area contributed by atoms with Crippen molar-refractivity contribution < 1.29 is 62.8 Å². The minimum Gasteiger partial charge on any atom is -0.496 e. The summed E-state index contributed by atoms with van der Waals surface area (Å²) in [6, 6.07) is 81.0. The third-order valence-electron chi connectivity index (χ3n) is 22.3. The fourth-order valence-corrected chi connectivity index (χ4v) is 15.3. The van der Waals surface area contributed by atoms with Gasteiger partial charge in [0, 0.05) is 71.3 Å². The van der Waals surface area contributed by atoms with E-state index in [-0.39, 0.29) is 93.2 Å². The second kappa shape index (κ2) is 42.5. The van der Waals surface area contributed by atoms with E-state index in [2.05, 4.69) is 122 Å².